The Labute approximate surface area is 149 Å². The summed E-state index contributed by atoms with van der Waals surface area (Å²) < 4.78 is 4.90. The average molecular weight is 350 g/mol. The third kappa shape index (κ3) is 2.86. The van der Waals surface area contributed by atoms with Crippen molar-refractivity contribution in [1.82, 2.24) is 0 Å². The molecule has 4 unspecified atom stereocenters. The second-order valence-electron chi connectivity index (χ2n) is 8.54. The molecule has 25 heavy (non-hydrogen) atoms. The first kappa shape index (κ1) is 18.6. The van der Waals surface area contributed by atoms with Gasteiger partial charge in [0, 0.05) is 5.41 Å². The molecule has 140 valence electrons. The minimum Gasteiger partial charge on any atom is -0.459 e. The van der Waals surface area contributed by atoms with Gasteiger partial charge in [0.1, 0.15) is 12.7 Å². The first-order valence-electron chi connectivity index (χ1n) is 9.26. The fourth-order valence-corrected chi connectivity index (χ4v) is 5.56. The van der Waals surface area contributed by atoms with E-state index in [1.807, 2.05) is 13.0 Å². The van der Waals surface area contributed by atoms with Crippen molar-refractivity contribution in [2.24, 2.45) is 22.7 Å². The normalized spacial score (nSPS) is 46.2. The molecule has 3 fully saturated rings. The molecule has 1 heterocycles. The Morgan fingerprint density at radius 1 is 1.32 bits per heavy atom. The Hall–Kier alpha value is -1.17. The van der Waals surface area contributed by atoms with Crippen LogP contribution >= 0.6 is 0 Å². The average Bonchev–Trinajstić information content (AvgIpc) is 2.89. The van der Waals surface area contributed by atoms with Crippen molar-refractivity contribution in [1.29, 1.82) is 0 Å². The van der Waals surface area contributed by atoms with Crippen molar-refractivity contribution in [2.75, 3.05) is 13.2 Å². The lowest BCUT2D eigenvalue weighted by atomic mass is 9.46. The van der Waals surface area contributed by atoms with Crippen LogP contribution in [0.4, 0.5) is 0 Å². The summed E-state index contributed by atoms with van der Waals surface area (Å²) in [7, 11) is 0. The number of aliphatic hydroxyl groups is 3. The smallest absolute Gasteiger partial charge is 0.336 e. The number of carbonyl (C=O) groups excluding carboxylic acids is 1. The molecule has 3 N–H and O–H groups in total. The molecule has 0 amide bonds. The van der Waals surface area contributed by atoms with E-state index in [-0.39, 0.29) is 30.5 Å². The number of cyclic esters (lactones) is 1. The molecular weight excluding hydrogens is 320 g/mol. The summed E-state index contributed by atoms with van der Waals surface area (Å²) in [6.45, 7) is 8.50. The summed E-state index contributed by atoms with van der Waals surface area (Å²) in [6, 6.07) is 0. The molecule has 0 aromatic rings. The standard InChI is InChI=1S/C20H30O5/c1-12-4-7-16-19(2,9-8-17(23)20(16,3)11-21)14(12)6-5-13-15(22)10-25-18(13)24/h5,14-17,21-23H,1,4,6-11H2,2-3H3/b13-5-/t14?,15?,16-,17?,19?,20-/m0/s1. The maximum Gasteiger partial charge on any atom is 0.336 e. The van der Waals surface area contributed by atoms with Gasteiger partial charge in [0.2, 0.25) is 0 Å². The van der Waals surface area contributed by atoms with E-state index in [9.17, 15) is 20.1 Å². The Morgan fingerprint density at radius 2 is 2.04 bits per heavy atom. The van der Waals surface area contributed by atoms with Crippen LogP contribution in [-0.2, 0) is 9.53 Å². The highest BCUT2D eigenvalue weighted by Gasteiger charge is 2.57. The highest BCUT2D eigenvalue weighted by molar-refractivity contribution is 5.91. The van der Waals surface area contributed by atoms with Gasteiger partial charge in [-0.3, -0.25) is 0 Å². The first-order chi connectivity index (χ1) is 11.7. The summed E-state index contributed by atoms with van der Waals surface area (Å²) in [4.78, 5) is 11.8. The molecule has 0 radical (unpaired) electrons. The lowest BCUT2D eigenvalue weighted by Crippen LogP contribution is -2.57. The number of rotatable bonds is 3. The van der Waals surface area contributed by atoms with Crippen molar-refractivity contribution in [3.8, 4) is 0 Å². The third-order valence-electron chi connectivity index (χ3n) is 7.23. The van der Waals surface area contributed by atoms with Gasteiger partial charge in [-0.05, 0) is 49.4 Å². The van der Waals surface area contributed by atoms with Crippen LogP contribution in [0.1, 0.15) is 46.0 Å². The highest BCUT2D eigenvalue weighted by Crippen LogP contribution is 2.61. The van der Waals surface area contributed by atoms with Crippen LogP contribution in [0, 0.1) is 22.7 Å². The molecule has 0 spiro atoms. The van der Waals surface area contributed by atoms with E-state index in [2.05, 4.69) is 13.5 Å². The molecule has 2 aliphatic carbocycles. The van der Waals surface area contributed by atoms with Gasteiger partial charge < -0.3 is 20.1 Å². The van der Waals surface area contributed by atoms with Crippen LogP contribution in [0.25, 0.3) is 0 Å². The highest BCUT2D eigenvalue weighted by atomic mass is 16.6. The summed E-state index contributed by atoms with van der Waals surface area (Å²) >= 11 is 0. The van der Waals surface area contributed by atoms with Crippen molar-refractivity contribution >= 4 is 5.97 Å². The van der Waals surface area contributed by atoms with Crippen molar-refractivity contribution in [3.63, 3.8) is 0 Å². The molecule has 1 aliphatic heterocycles. The summed E-state index contributed by atoms with van der Waals surface area (Å²) in [5.41, 5.74) is 0.911. The Bertz CT molecular complexity index is 597. The molecule has 0 aromatic heterocycles. The molecular formula is C20H30O5. The number of hydrogen-bond acceptors (Lipinski definition) is 5. The van der Waals surface area contributed by atoms with E-state index >= 15 is 0 Å². The number of esters is 1. The van der Waals surface area contributed by atoms with Crippen LogP contribution in [0.15, 0.2) is 23.8 Å². The first-order valence-corrected chi connectivity index (χ1v) is 9.26. The van der Waals surface area contributed by atoms with Gasteiger partial charge >= 0.3 is 5.97 Å². The van der Waals surface area contributed by atoms with E-state index in [0.29, 0.717) is 18.4 Å². The van der Waals surface area contributed by atoms with Crippen LogP contribution in [0.3, 0.4) is 0 Å². The van der Waals surface area contributed by atoms with Gasteiger partial charge in [-0.2, -0.15) is 0 Å². The summed E-state index contributed by atoms with van der Waals surface area (Å²) in [6.07, 6.45) is 4.42. The van der Waals surface area contributed by atoms with Crippen LogP contribution in [0.2, 0.25) is 0 Å². The monoisotopic (exact) mass is 350 g/mol. The number of aliphatic hydroxyl groups excluding tert-OH is 3. The predicted octanol–water partition coefficient (Wildman–Crippen LogP) is 1.96. The molecule has 5 heteroatoms. The van der Waals surface area contributed by atoms with Gasteiger partial charge in [-0.25, -0.2) is 4.79 Å². The van der Waals surface area contributed by atoms with Gasteiger partial charge in [0.05, 0.1) is 18.3 Å². The molecule has 3 aliphatic rings. The molecule has 2 saturated carbocycles. The van der Waals surface area contributed by atoms with Crippen LogP contribution in [-0.4, -0.2) is 46.7 Å². The number of fused-ring (bicyclic) bond motifs is 1. The molecule has 3 rings (SSSR count). The van der Waals surface area contributed by atoms with Crippen molar-refractivity contribution in [2.45, 2.75) is 58.2 Å². The lowest BCUT2D eigenvalue weighted by molar-refractivity contribution is -0.151. The number of ether oxygens (including phenoxy) is 1. The van der Waals surface area contributed by atoms with Gasteiger partial charge in [-0.1, -0.05) is 32.1 Å². The van der Waals surface area contributed by atoms with E-state index in [1.165, 1.54) is 0 Å². The SMILES string of the molecule is C=C1CC[C@H]2C(C)(CCC(O)[C@@]2(C)CO)C1C/C=C1\C(=O)OCC1O. The fraction of sp³-hybridized carbons (Fsp3) is 0.750. The number of allylic oxidation sites excluding steroid dienone is 2. The largest absolute Gasteiger partial charge is 0.459 e. The molecule has 5 nitrogen and oxygen atoms in total. The minimum atomic E-state index is -0.844. The number of hydrogen-bond donors (Lipinski definition) is 3. The van der Waals surface area contributed by atoms with E-state index in [4.69, 9.17) is 4.74 Å². The molecule has 0 bridgehead atoms. The second-order valence-corrected chi connectivity index (χ2v) is 8.54. The quantitative estimate of drug-likeness (QED) is 0.411. The van der Waals surface area contributed by atoms with Crippen LogP contribution in [0.5, 0.6) is 0 Å². The Balaban J connectivity index is 1.89. The van der Waals surface area contributed by atoms with Gasteiger partial charge in [-0.15, -0.1) is 0 Å². The lowest BCUT2D eigenvalue weighted by Gasteiger charge is -2.59. The second kappa shape index (κ2) is 6.53. The zero-order valence-electron chi connectivity index (χ0n) is 15.2. The predicted molar refractivity (Wildman–Crippen MR) is 93.6 cm³/mol. The third-order valence-corrected chi connectivity index (χ3v) is 7.23. The molecule has 6 atom stereocenters. The topological polar surface area (TPSA) is 87.0 Å². The van der Waals surface area contributed by atoms with E-state index in [1.54, 1.807) is 0 Å². The summed E-state index contributed by atoms with van der Waals surface area (Å²) in [5, 5.41) is 30.4. The van der Waals surface area contributed by atoms with Crippen molar-refractivity contribution < 1.29 is 24.9 Å². The maximum absolute atomic E-state index is 11.8. The minimum absolute atomic E-state index is 0.0280. The van der Waals surface area contributed by atoms with Crippen molar-refractivity contribution in [3.05, 3.63) is 23.8 Å². The van der Waals surface area contributed by atoms with E-state index in [0.717, 1.165) is 24.8 Å². The number of carbonyl (C=O) groups is 1. The maximum atomic E-state index is 11.8. The van der Waals surface area contributed by atoms with Gasteiger partial charge in [0.25, 0.3) is 0 Å². The zero-order valence-corrected chi connectivity index (χ0v) is 15.2. The van der Waals surface area contributed by atoms with E-state index < -0.39 is 23.6 Å². The fourth-order valence-electron chi connectivity index (χ4n) is 5.56. The summed E-state index contributed by atoms with van der Waals surface area (Å²) in [5.74, 6) is -0.0734. The zero-order chi connectivity index (χ0) is 18.4. The van der Waals surface area contributed by atoms with Gasteiger partial charge in [0.15, 0.2) is 0 Å². The Morgan fingerprint density at radius 3 is 2.64 bits per heavy atom. The Kier molecular flexibility index (Phi) is 4.86. The molecule has 1 saturated heterocycles. The molecule has 0 aromatic carbocycles. The van der Waals surface area contributed by atoms with Crippen LogP contribution < -0.4 is 0 Å².